The molecule has 0 saturated carbocycles. The summed E-state index contributed by atoms with van der Waals surface area (Å²) in [6.07, 6.45) is 4.94. The molecule has 0 aliphatic rings. The third-order valence-electron chi connectivity index (χ3n) is 3.71. The number of aromatic nitrogens is 2. The first kappa shape index (κ1) is 19.1. The molecule has 0 amide bonds. The van der Waals surface area contributed by atoms with Gasteiger partial charge in [0.25, 0.3) is 0 Å². The second-order valence-electron chi connectivity index (χ2n) is 5.63. The topological polar surface area (TPSA) is 132 Å². The van der Waals surface area contributed by atoms with Crippen molar-refractivity contribution in [2.24, 2.45) is 5.14 Å². The van der Waals surface area contributed by atoms with E-state index in [1.807, 2.05) is 6.07 Å². The van der Waals surface area contributed by atoms with Gasteiger partial charge in [0.1, 0.15) is 0 Å². The van der Waals surface area contributed by atoms with Gasteiger partial charge in [-0.25, -0.2) is 26.7 Å². The molecule has 1 aromatic carbocycles. The Hall–Kier alpha value is -2.66. The SMILES string of the molecule is NS(=O)(=O)c1ccc(S(=O)(=O)NCc2ccc(-c3cccnc3)nc2)cc1. The zero-order chi connectivity index (χ0) is 19.5. The third-order valence-corrected chi connectivity index (χ3v) is 6.06. The van der Waals surface area contributed by atoms with Gasteiger partial charge < -0.3 is 0 Å². The van der Waals surface area contributed by atoms with Crippen LogP contribution in [0.5, 0.6) is 0 Å². The first-order chi connectivity index (χ1) is 12.8. The molecule has 140 valence electrons. The number of nitrogens with zero attached hydrogens (tertiary/aromatic N) is 2. The predicted octanol–water partition coefficient (Wildman–Crippen LogP) is 1.27. The minimum absolute atomic E-state index is 0.0413. The van der Waals surface area contributed by atoms with Crippen molar-refractivity contribution in [3.05, 3.63) is 72.7 Å². The molecule has 10 heteroatoms. The number of rotatable bonds is 6. The molecule has 0 unspecified atom stereocenters. The van der Waals surface area contributed by atoms with Crippen molar-refractivity contribution in [3.63, 3.8) is 0 Å². The van der Waals surface area contributed by atoms with E-state index in [-0.39, 0.29) is 16.3 Å². The Morgan fingerprint density at radius 1 is 0.889 bits per heavy atom. The molecule has 0 radical (unpaired) electrons. The van der Waals surface area contributed by atoms with Crippen molar-refractivity contribution < 1.29 is 16.8 Å². The average Bonchev–Trinajstić information content (AvgIpc) is 2.67. The summed E-state index contributed by atoms with van der Waals surface area (Å²) >= 11 is 0. The lowest BCUT2D eigenvalue weighted by Crippen LogP contribution is -2.23. The van der Waals surface area contributed by atoms with Gasteiger partial charge in [-0.05, 0) is 48.0 Å². The number of pyridine rings is 2. The lowest BCUT2D eigenvalue weighted by Gasteiger charge is -2.08. The van der Waals surface area contributed by atoms with Crippen LogP contribution in [-0.4, -0.2) is 26.8 Å². The summed E-state index contributed by atoms with van der Waals surface area (Å²) in [5.74, 6) is 0. The van der Waals surface area contributed by atoms with Gasteiger partial charge in [0.2, 0.25) is 20.0 Å². The zero-order valence-corrected chi connectivity index (χ0v) is 15.6. The average molecular weight is 404 g/mol. The van der Waals surface area contributed by atoms with Crippen molar-refractivity contribution >= 4 is 20.0 Å². The highest BCUT2D eigenvalue weighted by atomic mass is 32.2. The number of nitrogens with two attached hydrogens (primary N) is 1. The summed E-state index contributed by atoms with van der Waals surface area (Å²) in [6.45, 7) is 0.0413. The first-order valence-electron chi connectivity index (χ1n) is 7.73. The maximum atomic E-state index is 12.3. The number of benzene rings is 1. The van der Waals surface area contributed by atoms with E-state index < -0.39 is 20.0 Å². The van der Waals surface area contributed by atoms with E-state index in [2.05, 4.69) is 14.7 Å². The smallest absolute Gasteiger partial charge is 0.240 e. The van der Waals surface area contributed by atoms with Crippen LogP contribution in [0.1, 0.15) is 5.56 Å². The molecular formula is C17H16N4O4S2. The normalized spacial score (nSPS) is 12.0. The Morgan fingerprint density at radius 3 is 2.15 bits per heavy atom. The van der Waals surface area contributed by atoms with Crippen molar-refractivity contribution in [3.8, 4) is 11.3 Å². The summed E-state index contributed by atoms with van der Waals surface area (Å²) in [5.41, 5.74) is 2.26. The Morgan fingerprint density at radius 2 is 1.59 bits per heavy atom. The van der Waals surface area contributed by atoms with E-state index in [9.17, 15) is 16.8 Å². The summed E-state index contributed by atoms with van der Waals surface area (Å²) in [4.78, 5) is 8.12. The lowest BCUT2D eigenvalue weighted by molar-refractivity contribution is 0.580. The fourth-order valence-corrected chi connectivity index (χ4v) is 3.82. The van der Waals surface area contributed by atoms with Gasteiger partial charge in [0, 0.05) is 30.7 Å². The zero-order valence-electron chi connectivity index (χ0n) is 14.0. The molecule has 3 N–H and O–H groups in total. The number of hydrogen-bond donors (Lipinski definition) is 2. The maximum absolute atomic E-state index is 12.3. The molecular weight excluding hydrogens is 388 g/mol. The van der Waals surface area contributed by atoms with Gasteiger partial charge in [-0.2, -0.15) is 0 Å². The van der Waals surface area contributed by atoms with Gasteiger partial charge in [-0.1, -0.05) is 6.07 Å². The molecule has 3 aromatic rings. The monoisotopic (exact) mass is 404 g/mol. The second-order valence-corrected chi connectivity index (χ2v) is 8.96. The number of sulfonamides is 2. The van der Waals surface area contributed by atoms with E-state index in [0.29, 0.717) is 5.56 Å². The number of primary sulfonamides is 1. The van der Waals surface area contributed by atoms with E-state index in [4.69, 9.17) is 5.14 Å². The minimum atomic E-state index is -3.88. The van der Waals surface area contributed by atoms with Crippen molar-refractivity contribution in [1.82, 2.24) is 14.7 Å². The van der Waals surface area contributed by atoms with E-state index in [1.165, 1.54) is 12.1 Å². The van der Waals surface area contributed by atoms with Crippen LogP contribution in [-0.2, 0) is 26.6 Å². The molecule has 0 aliphatic carbocycles. The summed E-state index contributed by atoms with van der Waals surface area (Å²) in [6, 6.07) is 11.9. The Labute approximate surface area is 157 Å². The molecule has 0 saturated heterocycles. The van der Waals surface area contributed by atoms with Crippen LogP contribution in [0.4, 0.5) is 0 Å². The molecule has 3 rings (SSSR count). The van der Waals surface area contributed by atoms with Crippen LogP contribution in [0.2, 0.25) is 0 Å². The lowest BCUT2D eigenvalue weighted by atomic mass is 10.1. The predicted molar refractivity (Wildman–Crippen MR) is 99.3 cm³/mol. The molecule has 0 bridgehead atoms. The van der Waals surface area contributed by atoms with Gasteiger partial charge >= 0.3 is 0 Å². The molecule has 8 nitrogen and oxygen atoms in total. The van der Waals surface area contributed by atoms with Gasteiger partial charge in [-0.3, -0.25) is 9.97 Å². The Balaban J connectivity index is 1.70. The fraction of sp³-hybridized carbons (Fsp3) is 0.0588. The standard InChI is InChI=1S/C17H16N4O4S2/c18-26(22,23)15-4-6-16(7-5-15)27(24,25)21-11-13-3-8-17(20-10-13)14-2-1-9-19-12-14/h1-10,12,21H,11H2,(H2,18,22,23). The van der Waals surface area contributed by atoms with Crippen LogP contribution >= 0.6 is 0 Å². The summed E-state index contributed by atoms with van der Waals surface area (Å²) in [5, 5.41) is 5.00. The molecule has 27 heavy (non-hydrogen) atoms. The highest BCUT2D eigenvalue weighted by Gasteiger charge is 2.15. The van der Waals surface area contributed by atoms with Crippen LogP contribution in [0.25, 0.3) is 11.3 Å². The largest absolute Gasteiger partial charge is 0.264 e. The first-order valence-corrected chi connectivity index (χ1v) is 10.8. The van der Waals surface area contributed by atoms with Gasteiger partial charge in [0.05, 0.1) is 15.5 Å². The third kappa shape index (κ3) is 4.74. The van der Waals surface area contributed by atoms with Crippen molar-refractivity contribution in [2.75, 3.05) is 0 Å². The van der Waals surface area contributed by atoms with E-state index in [1.54, 1.807) is 36.8 Å². The summed E-state index contributed by atoms with van der Waals surface area (Å²) < 4.78 is 49.6. The highest BCUT2D eigenvalue weighted by molar-refractivity contribution is 7.89. The molecule has 0 atom stereocenters. The molecule has 0 fully saturated rings. The van der Waals surface area contributed by atoms with Crippen molar-refractivity contribution in [2.45, 2.75) is 16.3 Å². The summed E-state index contributed by atoms with van der Waals surface area (Å²) in [7, 11) is -7.68. The highest BCUT2D eigenvalue weighted by Crippen LogP contribution is 2.16. The van der Waals surface area contributed by atoms with Crippen LogP contribution in [0.15, 0.2) is 76.9 Å². The van der Waals surface area contributed by atoms with Crippen LogP contribution in [0.3, 0.4) is 0 Å². The Kier molecular flexibility index (Phi) is 5.33. The molecule has 2 aromatic heterocycles. The fourth-order valence-electron chi connectivity index (χ4n) is 2.28. The number of hydrogen-bond acceptors (Lipinski definition) is 6. The van der Waals surface area contributed by atoms with E-state index in [0.717, 1.165) is 23.4 Å². The van der Waals surface area contributed by atoms with Crippen LogP contribution < -0.4 is 9.86 Å². The van der Waals surface area contributed by atoms with E-state index >= 15 is 0 Å². The van der Waals surface area contributed by atoms with Gasteiger partial charge in [0.15, 0.2) is 0 Å². The maximum Gasteiger partial charge on any atom is 0.240 e. The minimum Gasteiger partial charge on any atom is -0.264 e. The quantitative estimate of drug-likeness (QED) is 0.636. The molecule has 0 spiro atoms. The Bertz CT molecular complexity index is 1130. The molecule has 0 aliphatic heterocycles. The number of nitrogens with one attached hydrogen (secondary N) is 1. The van der Waals surface area contributed by atoms with Crippen LogP contribution in [0, 0.1) is 0 Å². The molecule has 2 heterocycles. The second kappa shape index (κ2) is 7.53. The van der Waals surface area contributed by atoms with Crippen molar-refractivity contribution in [1.29, 1.82) is 0 Å². The van der Waals surface area contributed by atoms with Gasteiger partial charge in [-0.15, -0.1) is 0 Å².